The zero-order valence-electron chi connectivity index (χ0n) is 11.4. The van der Waals surface area contributed by atoms with Crippen LogP contribution in [0.2, 0.25) is 0 Å². The maximum Gasteiger partial charge on any atom is 0.312 e. The molecule has 0 aliphatic carbocycles. The third-order valence-electron chi connectivity index (χ3n) is 2.79. The number of hydrogen-bond donors (Lipinski definition) is 1. The largest absolute Gasteiger partial charge is 0.469 e. The lowest BCUT2D eigenvalue weighted by Gasteiger charge is -2.11. The van der Waals surface area contributed by atoms with E-state index in [2.05, 4.69) is 9.46 Å². The predicted octanol–water partition coefficient (Wildman–Crippen LogP) is 2.33. The van der Waals surface area contributed by atoms with Crippen molar-refractivity contribution in [1.29, 1.82) is 0 Å². The first-order chi connectivity index (χ1) is 9.39. The number of carbonyl (C=O) groups excluding carboxylic acids is 1. The summed E-state index contributed by atoms with van der Waals surface area (Å²) in [5.41, 5.74) is 1.22. The molecule has 0 spiro atoms. The second kappa shape index (κ2) is 7.50. The molecule has 1 unspecified atom stereocenters. The third kappa shape index (κ3) is 5.02. The first kappa shape index (κ1) is 16.8. The minimum atomic E-state index is -3.38. The Bertz CT molecular complexity index is 542. The molecule has 0 aliphatic rings. The molecule has 0 bridgehead atoms. The molecule has 0 fully saturated rings. The van der Waals surface area contributed by atoms with E-state index >= 15 is 0 Å². The number of alkyl halides is 1. The maximum absolute atomic E-state index is 11.7. The number of hydrogen-bond acceptors (Lipinski definition) is 4. The topological polar surface area (TPSA) is 72.5 Å². The second-order valence-electron chi connectivity index (χ2n) is 4.33. The zero-order chi connectivity index (χ0) is 15.2. The van der Waals surface area contributed by atoms with E-state index in [-0.39, 0.29) is 17.6 Å². The van der Waals surface area contributed by atoms with Gasteiger partial charge in [-0.15, -0.1) is 11.6 Å². The molecule has 1 N–H and O–H groups in total. The first-order valence-corrected chi connectivity index (χ1v) is 8.32. The molecular weight excluding hydrogens is 302 g/mol. The van der Waals surface area contributed by atoms with Gasteiger partial charge in [0.1, 0.15) is 0 Å². The molecule has 0 amide bonds. The highest BCUT2D eigenvalue weighted by Crippen LogP contribution is 2.19. The highest BCUT2D eigenvalue weighted by atomic mass is 35.5. The highest BCUT2D eigenvalue weighted by Gasteiger charge is 2.16. The van der Waals surface area contributed by atoms with Gasteiger partial charge in [0.05, 0.1) is 18.8 Å². The summed E-state index contributed by atoms with van der Waals surface area (Å²) in [6.45, 7) is 1.73. The van der Waals surface area contributed by atoms with Gasteiger partial charge in [-0.05, 0) is 31.0 Å². The lowest BCUT2D eigenvalue weighted by molar-refractivity contribution is -0.141. The number of rotatable bonds is 7. The monoisotopic (exact) mass is 319 g/mol. The van der Waals surface area contributed by atoms with Crippen LogP contribution in [0.4, 0.5) is 5.69 Å². The first-order valence-electron chi connectivity index (χ1n) is 6.14. The van der Waals surface area contributed by atoms with Crippen molar-refractivity contribution in [2.45, 2.75) is 19.3 Å². The lowest BCUT2D eigenvalue weighted by Crippen LogP contribution is -2.17. The van der Waals surface area contributed by atoms with Crippen LogP contribution in [-0.2, 0) is 19.6 Å². The van der Waals surface area contributed by atoms with E-state index in [1.54, 1.807) is 31.2 Å². The molecule has 1 atom stereocenters. The molecule has 0 saturated carbocycles. The van der Waals surface area contributed by atoms with Gasteiger partial charge in [-0.3, -0.25) is 9.52 Å². The van der Waals surface area contributed by atoms with E-state index in [1.807, 2.05) is 0 Å². The van der Waals surface area contributed by atoms with Crippen LogP contribution in [0.15, 0.2) is 24.3 Å². The van der Waals surface area contributed by atoms with E-state index in [4.69, 9.17) is 11.6 Å². The fourth-order valence-electron chi connectivity index (χ4n) is 1.63. The van der Waals surface area contributed by atoms with E-state index in [1.165, 1.54) is 7.11 Å². The van der Waals surface area contributed by atoms with Crippen molar-refractivity contribution in [3.63, 3.8) is 0 Å². The number of benzene rings is 1. The van der Waals surface area contributed by atoms with Crippen LogP contribution in [0, 0.1) is 0 Å². The van der Waals surface area contributed by atoms with E-state index in [9.17, 15) is 13.2 Å². The zero-order valence-corrected chi connectivity index (χ0v) is 13.0. The van der Waals surface area contributed by atoms with E-state index in [0.717, 1.165) is 5.56 Å². The van der Waals surface area contributed by atoms with Crippen molar-refractivity contribution < 1.29 is 17.9 Å². The summed E-state index contributed by atoms with van der Waals surface area (Å²) in [6.07, 6.45) is 0.397. The van der Waals surface area contributed by atoms with Crippen LogP contribution in [0.25, 0.3) is 0 Å². The molecule has 1 aromatic rings. The summed E-state index contributed by atoms with van der Waals surface area (Å²) in [4.78, 5) is 11.4. The van der Waals surface area contributed by atoms with E-state index in [0.29, 0.717) is 18.0 Å². The van der Waals surface area contributed by atoms with Gasteiger partial charge in [0.15, 0.2) is 0 Å². The van der Waals surface area contributed by atoms with Crippen LogP contribution in [0.3, 0.4) is 0 Å². The van der Waals surface area contributed by atoms with Crippen LogP contribution in [0.5, 0.6) is 0 Å². The Hall–Kier alpha value is -1.27. The number of esters is 1. The number of methoxy groups -OCH3 is 1. The Balaban J connectivity index is 2.74. The molecule has 0 aliphatic heterocycles. The molecule has 20 heavy (non-hydrogen) atoms. The van der Waals surface area contributed by atoms with Gasteiger partial charge in [-0.2, -0.15) is 0 Å². The fourth-order valence-corrected chi connectivity index (χ4v) is 3.04. The van der Waals surface area contributed by atoms with Crippen LogP contribution in [-0.4, -0.2) is 33.1 Å². The molecule has 112 valence electrons. The Kier molecular flexibility index (Phi) is 6.29. The minimum absolute atomic E-state index is 0.0170. The van der Waals surface area contributed by atoms with Gasteiger partial charge in [0.2, 0.25) is 10.0 Å². The molecule has 5 nitrogen and oxygen atoms in total. The normalized spacial score (nSPS) is 12.8. The predicted molar refractivity (Wildman–Crippen MR) is 79.6 cm³/mol. The summed E-state index contributed by atoms with van der Waals surface area (Å²) in [7, 11) is -2.05. The van der Waals surface area contributed by atoms with Crippen molar-refractivity contribution in [3.05, 3.63) is 29.8 Å². The summed E-state index contributed by atoms with van der Waals surface area (Å²) < 4.78 is 30.5. The molecule has 0 saturated heterocycles. The SMILES string of the molecule is COC(=O)C(C)c1ccc(NS(=O)(=O)CCCCl)cc1. The summed E-state index contributed by atoms with van der Waals surface area (Å²) in [5, 5.41) is 0. The Morgan fingerprint density at radius 3 is 2.45 bits per heavy atom. The van der Waals surface area contributed by atoms with Gasteiger partial charge in [0, 0.05) is 11.6 Å². The number of anilines is 1. The molecule has 1 rings (SSSR count). The number of sulfonamides is 1. The van der Waals surface area contributed by atoms with Gasteiger partial charge in [0.25, 0.3) is 0 Å². The van der Waals surface area contributed by atoms with Crippen molar-refractivity contribution in [2.24, 2.45) is 0 Å². The van der Waals surface area contributed by atoms with Crippen molar-refractivity contribution in [1.82, 2.24) is 0 Å². The molecule has 0 radical (unpaired) electrons. The van der Waals surface area contributed by atoms with E-state index < -0.39 is 10.0 Å². The Morgan fingerprint density at radius 2 is 1.95 bits per heavy atom. The minimum Gasteiger partial charge on any atom is -0.469 e. The molecular formula is C13H18ClNO4S. The van der Waals surface area contributed by atoms with Gasteiger partial charge < -0.3 is 4.74 Å². The molecule has 1 aromatic carbocycles. The molecule has 0 heterocycles. The Labute approximate surface area is 124 Å². The third-order valence-corrected chi connectivity index (χ3v) is 4.43. The quantitative estimate of drug-likeness (QED) is 0.618. The maximum atomic E-state index is 11.7. The average Bonchev–Trinajstić information content (AvgIpc) is 2.44. The summed E-state index contributed by atoms with van der Waals surface area (Å²) in [5.74, 6) is -0.435. The van der Waals surface area contributed by atoms with Crippen LogP contribution in [0.1, 0.15) is 24.8 Å². The fraction of sp³-hybridized carbons (Fsp3) is 0.462. The lowest BCUT2D eigenvalue weighted by atomic mass is 10.0. The number of ether oxygens (including phenoxy) is 1. The number of carbonyl (C=O) groups is 1. The van der Waals surface area contributed by atoms with Crippen LogP contribution >= 0.6 is 11.6 Å². The van der Waals surface area contributed by atoms with Gasteiger partial charge in [-0.25, -0.2) is 8.42 Å². The summed E-state index contributed by atoms with van der Waals surface area (Å²) >= 11 is 5.47. The number of halogens is 1. The second-order valence-corrected chi connectivity index (χ2v) is 6.55. The Morgan fingerprint density at radius 1 is 1.35 bits per heavy atom. The van der Waals surface area contributed by atoms with Gasteiger partial charge in [-0.1, -0.05) is 12.1 Å². The van der Waals surface area contributed by atoms with Crippen molar-refractivity contribution in [2.75, 3.05) is 23.5 Å². The smallest absolute Gasteiger partial charge is 0.312 e. The summed E-state index contributed by atoms with van der Waals surface area (Å²) in [6, 6.07) is 6.63. The molecule has 0 aromatic heterocycles. The van der Waals surface area contributed by atoms with Crippen molar-refractivity contribution >= 4 is 33.3 Å². The number of nitrogens with one attached hydrogen (secondary N) is 1. The standard InChI is InChI=1S/C13H18ClNO4S/c1-10(13(16)19-2)11-4-6-12(7-5-11)15-20(17,18)9-3-8-14/h4-7,10,15H,3,8-9H2,1-2H3. The average molecular weight is 320 g/mol. The van der Waals surface area contributed by atoms with Gasteiger partial charge >= 0.3 is 5.97 Å². The molecule has 7 heteroatoms. The highest BCUT2D eigenvalue weighted by molar-refractivity contribution is 7.92. The van der Waals surface area contributed by atoms with Crippen molar-refractivity contribution in [3.8, 4) is 0 Å². The van der Waals surface area contributed by atoms with Crippen LogP contribution < -0.4 is 4.72 Å².